The highest BCUT2D eigenvalue weighted by Gasteiger charge is 2.70. The fourth-order valence-electron chi connectivity index (χ4n) is 6.56. The fraction of sp³-hybridized carbons (Fsp3) is 0.808. The average molecular weight is 590 g/mol. The molecule has 2 saturated carbocycles. The lowest BCUT2D eigenvalue weighted by Crippen LogP contribution is -2.62. The van der Waals surface area contributed by atoms with Crippen molar-refractivity contribution in [2.45, 2.75) is 95.0 Å². The monoisotopic (exact) mass is 589 g/mol. The van der Waals surface area contributed by atoms with E-state index >= 15 is 0 Å². The molecule has 0 bridgehead atoms. The van der Waals surface area contributed by atoms with Crippen LogP contribution in [0.2, 0.25) is 0 Å². The predicted octanol–water partition coefficient (Wildman–Crippen LogP) is 0.630. The van der Waals surface area contributed by atoms with E-state index in [0.29, 0.717) is 25.8 Å². The lowest BCUT2D eigenvalue weighted by atomic mass is 9.81. The number of fused-ring (bicyclic) bond motifs is 1. The molecule has 14 heteroatoms. The molecule has 0 aromatic heterocycles. The molecule has 2 aliphatic heterocycles. The van der Waals surface area contributed by atoms with Crippen LogP contribution < -0.4 is 21.7 Å². The van der Waals surface area contributed by atoms with Crippen LogP contribution in [0.5, 0.6) is 0 Å². The predicted molar refractivity (Wildman–Crippen MR) is 139 cm³/mol. The Kier molecular flexibility index (Phi) is 8.14. The Balaban J connectivity index is 1.56. The van der Waals surface area contributed by atoms with E-state index in [4.69, 9.17) is 22.1 Å². The molecule has 11 nitrogen and oxygen atoms in total. The third kappa shape index (κ3) is 5.90. The van der Waals surface area contributed by atoms with Gasteiger partial charge in [-0.25, -0.2) is 0 Å². The number of likely N-dealkylation sites (tertiary alicyclic amines) is 1. The summed E-state index contributed by atoms with van der Waals surface area (Å²) in [6.45, 7) is 7.86. The van der Waals surface area contributed by atoms with E-state index in [1.807, 2.05) is 26.1 Å². The van der Waals surface area contributed by atoms with Crippen LogP contribution >= 0.6 is 11.6 Å². The van der Waals surface area contributed by atoms with Crippen molar-refractivity contribution in [1.29, 1.82) is 0 Å². The first-order valence-electron chi connectivity index (χ1n) is 13.7. The Labute approximate surface area is 236 Å². The third-order valence-corrected chi connectivity index (χ3v) is 9.44. The van der Waals surface area contributed by atoms with E-state index < -0.39 is 64.8 Å². The maximum absolute atomic E-state index is 13.9. The molecule has 2 saturated heterocycles. The van der Waals surface area contributed by atoms with Crippen LogP contribution in [0.3, 0.4) is 0 Å². The van der Waals surface area contributed by atoms with Crippen LogP contribution in [0.1, 0.15) is 59.8 Å². The first kappa shape index (κ1) is 30.4. The number of primary amides is 1. The highest BCUT2D eigenvalue weighted by Crippen LogP contribution is 2.65. The second-order valence-electron chi connectivity index (χ2n) is 12.4. The van der Waals surface area contributed by atoms with E-state index in [9.17, 15) is 32.8 Å². The third-order valence-electron chi connectivity index (χ3n) is 9.26. The van der Waals surface area contributed by atoms with Gasteiger partial charge in [-0.2, -0.15) is 8.78 Å². The van der Waals surface area contributed by atoms with E-state index in [2.05, 4.69) is 10.6 Å². The minimum atomic E-state index is -4.26. The minimum absolute atomic E-state index is 0.0119. The number of ether oxygens (including phenoxy) is 1. The SMILES string of the molecule is C[C@@H](OC1(C)CCC1)[C@H](NC(=O)C(F)(F)Cl)C(=O)N1C[C@H]2[C@@H]([C@H]1C(=O)N[C@@H](C[C@@H]1CCNC1=O)C(N)=O)C2(C)C. The van der Waals surface area contributed by atoms with Crippen molar-refractivity contribution in [3.63, 3.8) is 0 Å². The van der Waals surface area contributed by atoms with Gasteiger partial charge in [0.1, 0.15) is 18.1 Å². The number of nitrogens with one attached hydrogen (secondary N) is 3. The van der Waals surface area contributed by atoms with Crippen molar-refractivity contribution in [2.75, 3.05) is 13.1 Å². The van der Waals surface area contributed by atoms with E-state index in [1.54, 1.807) is 0 Å². The molecular formula is C26H38ClF2N5O6. The molecule has 5 N–H and O–H groups in total. The summed E-state index contributed by atoms with van der Waals surface area (Å²) in [5, 5.41) is 3.09. The largest absolute Gasteiger partial charge is 0.399 e. The van der Waals surface area contributed by atoms with E-state index in [-0.39, 0.29) is 36.1 Å². The van der Waals surface area contributed by atoms with Crippen LogP contribution in [-0.2, 0) is 28.7 Å². The van der Waals surface area contributed by atoms with Crippen molar-refractivity contribution < 1.29 is 37.5 Å². The van der Waals surface area contributed by atoms with Gasteiger partial charge in [0, 0.05) is 19.0 Å². The van der Waals surface area contributed by atoms with Crippen LogP contribution in [0.4, 0.5) is 8.78 Å². The number of carbonyl (C=O) groups excluding carboxylic acids is 5. The number of carbonyl (C=O) groups is 5. The molecule has 4 rings (SSSR count). The van der Waals surface area contributed by atoms with E-state index in [1.165, 1.54) is 11.8 Å². The van der Waals surface area contributed by atoms with Gasteiger partial charge in [0.25, 0.3) is 0 Å². The van der Waals surface area contributed by atoms with Crippen molar-refractivity contribution in [3.8, 4) is 0 Å². The zero-order valence-corrected chi connectivity index (χ0v) is 23.9. The van der Waals surface area contributed by atoms with Gasteiger partial charge in [0.15, 0.2) is 0 Å². The fourth-order valence-corrected chi connectivity index (χ4v) is 6.62. The molecule has 0 aromatic carbocycles. The summed E-state index contributed by atoms with van der Waals surface area (Å²) < 4.78 is 33.3. The first-order chi connectivity index (χ1) is 18.5. The standard InChI is InChI=1S/C26H38ClF2N5O6/c1-12(40-25(4)7-5-8-25)17(33-23(39)26(27,28)29)22(38)34-11-14-16(24(14,2)3)18(34)21(37)32-15(19(30)35)10-13-6-9-31-20(13)36/h12-18H,5-11H2,1-4H3,(H2,30,35)(H,31,36)(H,32,37)(H,33,39)/t12-,13+,14+,15+,16+,17+,18+/m1/s1. The molecule has 224 valence electrons. The molecule has 2 heterocycles. The number of nitrogens with two attached hydrogens (primary N) is 1. The second-order valence-corrected chi connectivity index (χ2v) is 12.9. The molecule has 40 heavy (non-hydrogen) atoms. The number of nitrogens with zero attached hydrogens (tertiary/aromatic N) is 1. The number of rotatable bonds is 11. The Hall–Kier alpha value is -2.54. The summed E-state index contributed by atoms with van der Waals surface area (Å²) in [5.74, 6) is -5.13. The van der Waals surface area contributed by atoms with Crippen molar-refractivity contribution in [2.24, 2.45) is 28.9 Å². The smallest absolute Gasteiger partial charge is 0.370 e. The summed E-state index contributed by atoms with van der Waals surface area (Å²) in [4.78, 5) is 65.2. The molecule has 7 atom stereocenters. The Morgan fingerprint density at radius 2 is 1.88 bits per heavy atom. The number of alkyl halides is 3. The number of halogens is 3. The van der Waals surface area contributed by atoms with Gasteiger partial charge in [-0.15, -0.1) is 0 Å². The van der Waals surface area contributed by atoms with Crippen molar-refractivity contribution >= 4 is 41.1 Å². The summed E-state index contributed by atoms with van der Waals surface area (Å²) >= 11 is 4.93. The highest BCUT2D eigenvalue weighted by atomic mass is 35.5. The molecule has 4 fully saturated rings. The topological polar surface area (TPSA) is 160 Å². The molecule has 5 amide bonds. The number of piperidine rings is 1. The van der Waals surface area contributed by atoms with Gasteiger partial charge >= 0.3 is 11.3 Å². The lowest BCUT2D eigenvalue weighted by molar-refractivity contribution is -0.161. The quantitative estimate of drug-likeness (QED) is 0.259. The minimum Gasteiger partial charge on any atom is -0.370 e. The van der Waals surface area contributed by atoms with Gasteiger partial charge < -0.3 is 31.3 Å². The molecule has 0 aromatic rings. The number of hydrogen-bond donors (Lipinski definition) is 4. The molecule has 0 radical (unpaired) electrons. The Morgan fingerprint density at radius 3 is 2.38 bits per heavy atom. The Bertz CT molecular complexity index is 1080. The summed E-state index contributed by atoms with van der Waals surface area (Å²) in [5.41, 5.74) is 4.68. The van der Waals surface area contributed by atoms with Gasteiger partial charge in [-0.05, 0) is 74.8 Å². The van der Waals surface area contributed by atoms with Gasteiger partial charge in [-0.1, -0.05) is 13.8 Å². The van der Waals surface area contributed by atoms with Crippen LogP contribution in [0.15, 0.2) is 0 Å². The second kappa shape index (κ2) is 10.7. The maximum Gasteiger partial charge on any atom is 0.399 e. The normalized spacial score (nSPS) is 30.3. The van der Waals surface area contributed by atoms with Gasteiger partial charge in [-0.3, -0.25) is 24.0 Å². The van der Waals surface area contributed by atoms with E-state index in [0.717, 1.165) is 6.42 Å². The highest BCUT2D eigenvalue weighted by molar-refractivity contribution is 6.32. The first-order valence-corrected chi connectivity index (χ1v) is 14.1. The molecule has 4 aliphatic rings. The van der Waals surface area contributed by atoms with Gasteiger partial charge in [0.05, 0.1) is 11.7 Å². The van der Waals surface area contributed by atoms with Crippen LogP contribution in [0, 0.1) is 23.2 Å². The molecule has 0 unspecified atom stereocenters. The summed E-state index contributed by atoms with van der Waals surface area (Å²) in [6, 6.07) is -3.74. The lowest BCUT2D eigenvalue weighted by Gasteiger charge is -2.43. The van der Waals surface area contributed by atoms with Gasteiger partial charge in [0.2, 0.25) is 23.6 Å². The summed E-state index contributed by atoms with van der Waals surface area (Å²) in [7, 11) is 0. The molecule has 2 aliphatic carbocycles. The zero-order chi connectivity index (χ0) is 29.8. The van der Waals surface area contributed by atoms with Crippen molar-refractivity contribution in [1.82, 2.24) is 20.9 Å². The number of hydrogen-bond acceptors (Lipinski definition) is 6. The molecule has 0 spiro atoms. The molecular weight excluding hydrogens is 552 g/mol. The summed E-state index contributed by atoms with van der Waals surface area (Å²) in [6.07, 6.45) is 1.82. The van der Waals surface area contributed by atoms with Crippen LogP contribution in [0.25, 0.3) is 0 Å². The average Bonchev–Trinajstić information content (AvgIpc) is 3.18. The number of amides is 5. The van der Waals surface area contributed by atoms with Crippen molar-refractivity contribution in [3.05, 3.63) is 0 Å². The maximum atomic E-state index is 13.9. The Morgan fingerprint density at radius 1 is 1.23 bits per heavy atom. The van der Waals surface area contributed by atoms with Crippen LogP contribution in [-0.4, -0.2) is 82.7 Å². The zero-order valence-electron chi connectivity index (χ0n) is 23.1.